The van der Waals surface area contributed by atoms with Gasteiger partial charge in [0.2, 0.25) is 11.8 Å². The summed E-state index contributed by atoms with van der Waals surface area (Å²) < 4.78 is 0. The van der Waals surface area contributed by atoms with Gasteiger partial charge in [0.25, 0.3) is 5.69 Å². The highest BCUT2D eigenvalue weighted by molar-refractivity contribution is 5.97. The maximum Gasteiger partial charge on any atom is 0.269 e. The Hall–Kier alpha value is -3.22. The maximum absolute atomic E-state index is 12.3. The Morgan fingerprint density at radius 2 is 1.93 bits per heavy atom. The van der Waals surface area contributed by atoms with Crippen molar-refractivity contribution in [2.45, 2.75) is 32.6 Å². The standard InChI is InChI=1S/C20H21N3O4/c1-14-5-8-16(13-18(14)22-11-3-2-4-20(22)25)21-19(24)12-15-6-9-17(10-7-15)23(26)27/h5-10,13H,2-4,11-12H2,1H3,(H,21,24). The van der Waals surface area contributed by atoms with Crippen molar-refractivity contribution in [3.05, 3.63) is 63.7 Å². The lowest BCUT2D eigenvalue weighted by Crippen LogP contribution is -2.35. The number of carbonyl (C=O) groups excluding carboxylic acids is 2. The van der Waals surface area contributed by atoms with Crippen molar-refractivity contribution in [1.29, 1.82) is 0 Å². The van der Waals surface area contributed by atoms with E-state index in [0.29, 0.717) is 24.2 Å². The molecule has 1 aliphatic heterocycles. The lowest BCUT2D eigenvalue weighted by atomic mass is 10.1. The summed E-state index contributed by atoms with van der Waals surface area (Å²) in [6.45, 7) is 2.64. The third-order valence-corrected chi connectivity index (χ3v) is 4.62. The van der Waals surface area contributed by atoms with E-state index in [0.717, 1.165) is 24.1 Å². The van der Waals surface area contributed by atoms with E-state index in [2.05, 4.69) is 5.32 Å². The Labute approximate surface area is 157 Å². The molecule has 7 nitrogen and oxygen atoms in total. The first kappa shape index (κ1) is 18.6. The predicted molar refractivity (Wildman–Crippen MR) is 103 cm³/mol. The van der Waals surface area contributed by atoms with Crippen molar-refractivity contribution < 1.29 is 14.5 Å². The molecule has 0 bridgehead atoms. The number of carbonyl (C=O) groups is 2. The minimum atomic E-state index is -0.473. The van der Waals surface area contributed by atoms with E-state index < -0.39 is 4.92 Å². The fourth-order valence-electron chi connectivity index (χ4n) is 3.16. The summed E-state index contributed by atoms with van der Waals surface area (Å²) in [5, 5.41) is 13.5. The first-order chi connectivity index (χ1) is 12.9. The number of rotatable bonds is 5. The normalized spacial score (nSPS) is 14.1. The molecular weight excluding hydrogens is 346 g/mol. The average Bonchev–Trinajstić information content (AvgIpc) is 2.64. The van der Waals surface area contributed by atoms with Crippen LogP contribution in [0.4, 0.5) is 17.1 Å². The monoisotopic (exact) mass is 367 g/mol. The van der Waals surface area contributed by atoms with E-state index in [4.69, 9.17) is 0 Å². The molecular formula is C20H21N3O4. The van der Waals surface area contributed by atoms with Crippen LogP contribution in [0.5, 0.6) is 0 Å². The van der Waals surface area contributed by atoms with Crippen molar-refractivity contribution in [2.75, 3.05) is 16.8 Å². The van der Waals surface area contributed by atoms with E-state index in [1.54, 1.807) is 23.1 Å². The van der Waals surface area contributed by atoms with Crippen molar-refractivity contribution >= 4 is 28.9 Å². The van der Waals surface area contributed by atoms with Gasteiger partial charge in [-0.1, -0.05) is 18.2 Å². The Balaban J connectivity index is 1.69. The molecule has 0 radical (unpaired) electrons. The van der Waals surface area contributed by atoms with Crippen molar-refractivity contribution in [1.82, 2.24) is 0 Å². The van der Waals surface area contributed by atoms with Crippen LogP contribution in [0.25, 0.3) is 0 Å². The molecule has 1 aliphatic rings. The number of nitrogens with one attached hydrogen (secondary N) is 1. The van der Waals surface area contributed by atoms with E-state index in [-0.39, 0.29) is 23.9 Å². The topological polar surface area (TPSA) is 92.5 Å². The number of hydrogen-bond acceptors (Lipinski definition) is 4. The fraction of sp³-hybridized carbons (Fsp3) is 0.300. The molecule has 2 amide bonds. The molecule has 1 N–H and O–H groups in total. The Bertz CT molecular complexity index is 877. The summed E-state index contributed by atoms with van der Waals surface area (Å²) in [6, 6.07) is 11.4. The third-order valence-electron chi connectivity index (χ3n) is 4.62. The SMILES string of the molecule is Cc1ccc(NC(=O)Cc2ccc([N+](=O)[O-])cc2)cc1N1CCCCC1=O. The number of benzene rings is 2. The second-order valence-electron chi connectivity index (χ2n) is 6.65. The van der Waals surface area contributed by atoms with Gasteiger partial charge >= 0.3 is 0 Å². The van der Waals surface area contributed by atoms with Crippen LogP contribution < -0.4 is 10.2 Å². The van der Waals surface area contributed by atoms with Gasteiger partial charge in [0.05, 0.1) is 11.3 Å². The van der Waals surface area contributed by atoms with E-state index in [9.17, 15) is 19.7 Å². The second kappa shape index (κ2) is 7.99. The third kappa shape index (κ3) is 4.49. The zero-order valence-electron chi connectivity index (χ0n) is 15.1. The first-order valence-electron chi connectivity index (χ1n) is 8.88. The molecule has 2 aromatic carbocycles. The quantitative estimate of drug-likeness (QED) is 0.645. The largest absolute Gasteiger partial charge is 0.326 e. The molecule has 27 heavy (non-hydrogen) atoms. The van der Waals surface area contributed by atoms with Crippen LogP contribution in [0.2, 0.25) is 0 Å². The summed E-state index contributed by atoms with van der Waals surface area (Å²) in [7, 11) is 0. The van der Waals surface area contributed by atoms with Crippen molar-refractivity contribution in [3.8, 4) is 0 Å². The number of nitrogens with zero attached hydrogens (tertiary/aromatic N) is 2. The van der Waals surface area contributed by atoms with Crippen molar-refractivity contribution in [3.63, 3.8) is 0 Å². The minimum absolute atomic E-state index is 0.00599. The molecule has 1 fully saturated rings. The molecule has 0 atom stereocenters. The highest BCUT2D eigenvalue weighted by Gasteiger charge is 2.21. The van der Waals surface area contributed by atoms with Crippen LogP contribution >= 0.6 is 0 Å². The van der Waals surface area contributed by atoms with Gasteiger partial charge in [-0.05, 0) is 43.0 Å². The van der Waals surface area contributed by atoms with Gasteiger partial charge in [0.15, 0.2) is 0 Å². The maximum atomic E-state index is 12.3. The van der Waals surface area contributed by atoms with E-state index in [1.807, 2.05) is 19.1 Å². The molecule has 2 aromatic rings. The molecule has 0 aromatic heterocycles. The van der Waals surface area contributed by atoms with Crippen LogP contribution in [-0.4, -0.2) is 23.3 Å². The molecule has 0 saturated carbocycles. The molecule has 0 aliphatic carbocycles. The Morgan fingerprint density at radius 1 is 1.19 bits per heavy atom. The zero-order chi connectivity index (χ0) is 19.4. The number of aryl methyl sites for hydroxylation is 1. The molecule has 1 heterocycles. The van der Waals surface area contributed by atoms with Gasteiger partial charge in [-0.2, -0.15) is 0 Å². The second-order valence-corrected chi connectivity index (χ2v) is 6.65. The smallest absolute Gasteiger partial charge is 0.269 e. The zero-order valence-corrected chi connectivity index (χ0v) is 15.1. The molecule has 0 unspecified atom stereocenters. The van der Waals surface area contributed by atoms with Gasteiger partial charge in [0, 0.05) is 36.5 Å². The van der Waals surface area contributed by atoms with E-state index >= 15 is 0 Å². The van der Waals surface area contributed by atoms with E-state index in [1.165, 1.54) is 12.1 Å². The summed E-state index contributed by atoms with van der Waals surface area (Å²) in [4.78, 5) is 36.5. The van der Waals surface area contributed by atoms with Gasteiger partial charge < -0.3 is 10.2 Å². The Kier molecular flexibility index (Phi) is 5.49. The van der Waals surface area contributed by atoms with Crippen LogP contribution in [0.15, 0.2) is 42.5 Å². The molecule has 0 spiro atoms. The lowest BCUT2D eigenvalue weighted by molar-refractivity contribution is -0.384. The van der Waals surface area contributed by atoms with Crippen LogP contribution in [0.1, 0.15) is 30.4 Å². The average molecular weight is 367 g/mol. The molecule has 3 rings (SSSR count). The Morgan fingerprint density at radius 3 is 2.59 bits per heavy atom. The molecule has 7 heteroatoms. The van der Waals surface area contributed by atoms with Crippen LogP contribution in [-0.2, 0) is 16.0 Å². The summed E-state index contributed by atoms with van der Waals surface area (Å²) in [5.74, 6) is -0.109. The summed E-state index contributed by atoms with van der Waals surface area (Å²) >= 11 is 0. The lowest BCUT2D eigenvalue weighted by Gasteiger charge is -2.28. The number of nitro benzene ring substituents is 1. The minimum Gasteiger partial charge on any atom is -0.326 e. The first-order valence-corrected chi connectivity index (χ1v) is 8.88. The fourth-order valence-corrected chi connectivity index (χ4v) is 3.16. The molecule has 1 saturated heterocycles. The summed E-state index contributed by atoms with van der Waals surface area (Å²) in [5.41, 5.74) is 3.12. The van der Waals surface area contributed by atoms with Gasteiger partial charge in [-0.25, -0.2) is 0 Å². The number of anilines is 2. The number of hydrogen-bond donors (Lipinski definition) is 1. The van der Waals surface area contributed by atoms with Crippen molar-refractivity contribution in [2.24, 2.45) is 0 Å². The number of non-ortho nitro benzene ring substituents is 1. The summed E-state index contributed by atoms with van der Waals surface area (Å²) in [6.07, 6.45) is 2.56. The number of nitro groups is 1. The highest BCUT2D eigenvalue weighted by atomic mass is 16.6. The van der Waals surface area contributed by atoms with Crippen LogP contribution in [0.3, 0.4) is 0 Å². The number of piperidine rings is 1. The predicted octanol–water partition coefficient (Wildman–Crippen LogP) is 3.60. The van der Waals surface area contributed by atoms with Gasteiger partial charge in [-0.15, -0.1) is 0 Å². The van der Waals surface area contributed by atoms with Gasteiger partial charge in [-0.3, -0.25) is 19.7 Å². The van der Waals surface area contributed by atoms with Gasteiger partial charge in [0.1, 0.15) is 0 Å². The number of amides is 2. The highest BCUT2D eigenvalue weighted by Crippen LogP contribution is 2.28. The van der Waals surface area contributed by atoms with Crippen LogP contribution in [0, 0.1) is 17.0 Å². The molecule has 140 valence electrons.